The third-order valence-electron chi connectivity index (χ3n) is 3.29. The van der Waals surface area contributed by atoms with Crippen molar-refractivity contribution in [2.75, 3.05) is 5.32 Å². The summed E-state index contributed by atoms with van der Waals surface area (Å²) in [6, 6.07) is -0.158. The Kier molecular flexibility index (Phi) is 4.16. The van der Waals surface area contributed by atoms with Crippen LogP contribution in [-0.2, 0) is 11.8 Å². The Morgan fingerprint density at radius 3 is 2.39 bits per heavy atom. The molecule has 1 aromatic heterocycles. The van der Waals surface area contributed by atoms with E-state index in [1.54, 1.807) is 4.68 Å². The second-order valence-corrected chi connectivity index (χ2v) is 5.89. The van der Waals surface area contributed by atoms with Gasteiger partial charge in [-0.3, -0.25) is 9.48 Å². The molecule has 5 nitrogen and oxygen atoms in total. The minimum Gasteiger partial charge on any atom is -0.327 e. The number of hydrogen-bond acceptors (Lipinski definition) is 3. The number of amides is 1. The van der Waals surface area contributed by atoms with Crippen LogP contribution in [0.2, 0.25) is 0 Å². The first-order valence-corrected chi connectivity index (χ1v) is 6.18. The fourth-order valence-electron chi connectivity index (χ4n) is 1.65. The quantitative estimate of drug-likeness (QED) is 0.860. The van der Waals surface area contributed by atoms with Crippen LogP contribution in [0.1, 0.15) is 38.6 Å². The van der Waals surface area contributed by atoms with E-state index in [4.69, 9.17) is 5.73 Å². The van der Waals surface area contributed by atoms with Gasteiger partial charge in [0.05, 0.1) is 17.1 Å². The number of aryl methyl sites for hydroxylation is 2. The van der Waals surface area contributed by atoms with Gasteiger partial charge in [0.1, 0.15) is 0 Å². The summed E-state index contributed by atoms with van der Waals surface area (Å²) in [6.07, 6.45) is 0.317. The first kappa shape index (κ1) is 14.7. The lowest BCUT2D eigenvalue weighted by molar-refractivity contribution is -0.117. The van der Waals surface area contributed by atoms with Crippen molar-refractivity contribution in [1.82, 2.24) is 9.78 Å². The van der Waals surface area contributed by atoms with Gasteiger partial charge in [-0.15, -0.1) is 0 Å². The molecule has 1 atom stereocenters. The van der Waals surface area contributed by atoms with Gasteiger partial charge in [0.25, 0.3) is 0 Å². The van der Waals surface area contributed by atoms with Crippen LogP contribution in [0.4, 0.5) is 5.69 Å². The zero-order valence-electron chi connectivity index (χ0n) is 12.2. The van der Waals surface area contributed by atoms with E-state index in [1.807, 2.05) is 41.7 Å². The number of carbonyl (C=O) groups excluding carboxylic acids is 1. The van der Waals surface area contributed by atoms with Crippen molar-refractivity contribution in [3.8, 4) is 0 Å². The molecule has 0 spiro atoms. The number of nitrogens with two attached hydrogens (primary N) is 1. The average Bonchev–Trinajstić information content (AvgIpc) is 2.43. The topological polar surface area (TPSA) is 72.9 Å². The van der Waals surface area contributed by atoms with Crippen LogP contribution in [0.3, 0.4) is 0 Å². The second-order valence-electron chi connectivity index (χ2n) is 5.89. The van der Waals surface area contributed by atoms with Gasteiger partial charge in [-0.05, 0) is 19.3 Å². The maximum Gasteiger partial charge on any atom is 0.226 e. The molecule has 0 aliphatic rings. The molecule has 3 N–H and O–H groups in total. The SMILES string of the molecule is Cc1nn(C)c(C)c1NC(=O)CC(N)C(C)(C)C. The zero-order valence-corrected chi connectivity index (χ0v) is 12.2. The maximum absolute atomic E-state index is 12.0. The third-order valence-corrected chi connectivity index (χ3v) is 3.29. The van der Waals surface area contributed by atoms with Gasteiger partial charge in [-0.2, -0.15) is 5.10 Å². The number of hydrogen-bond donors (Lipinski definition) is 2. The Hall–Kier alpha value is -1.36. The Labute approximate surface area is 109 Å². The molecule has 0 bridgehead atoms. The summed E-state index contributed by atoms with van der Waals surface area (Å²) in [5.41, 5.74) is 8.50. The third kappa shape index (κ3) is 3.32. The van der Waals surface area contributed by atoms with Crippen molar-refractivity contribution in [2.24, 2.45) is 18.2 Å². The van der Waals surface area contributed by atoms with Crippen LogP contribution >= 0.6 is 0 Å². The van der Waals surface area contributed by atoms with Crippen molar-refractivity contribution < 1.29 is 4.79 Å². The number of aromatic nitrogens is 2. The van der Waals surface area contributed by atoms with E-state index < -0.39 is 0 Å². The first-order chi connectivity index (χ1) is 8.12. The van der Waals surface area contributed by atoms with Crippen molar-refractivity contribution in [3.05, 3.63) is 11.4 Å². The van der Waals surface area contributed by atoms with Gasteiger partial charge in [0.2, 0.25) is 5.91 Å². The van der Waals surface area contributed by atoms with E-state index in [0.717, 1.165) is 17.1 Å². The second kappa shape index (κ2) is 5.10. The molecule has 1 unspecified atom stereocenters. The van der Waals surface area contributed by atoms with Gasteiger partial charge >= 0.3 is 0 Å². The van der Waals surface area contributed by atoms with Crippen molar-refractivity contribution in [1.29, 1.82) is 0 Å². The molecule has 1 rings (SSSR count). The number of rotatable bonds is 3. The number of nitrogens with one attached hydrogen (secondary N) is 1. The average molecular weight is 252 g/mol. The molecule has 1 heterocycles. The van der Waals surface area contributed by atoms with Gasteiger partial charge in [-0.1, -0.05) is 20.8 Å². The lowest BCUT2D eigenvalue weighted by atomic mass is 9.85. The maximum atomic E-state index is 12.0. The van der Waals surface area contributed by atoms with Crippen LogP contribution in [0.15, 0.2) is 0 Å². The highest BCUT2D eigenvalue weighted by Crippen LogP contribution is 2.22. The first-order valence-electron chi connectivity index (χ1n) is 6.18. The van der Waals surface area contributed by atoms with Gasteiger partial charge in [0.15, 0.2) is 0 Å². The highest BCUT2D eigenvalue weighted by molar-refractivity contribution is 5.92. The summed E-state index contributed by atoms with van der Waals surface area (Å²) < 4.78 is 1.76. The largest absolute Gasteiger partial charge is 0.327 e. The monoisotopic (exact) mass is 252 g/mol. The van der Waals surface area contributed by atoms with Gasteiger partial charge < -0.3 is 11.1 Å². The Morgan fingerprint density at radius 1 is 1.44 bits per heavy atom. The van der Waals surface area contributed by atoms with E-state index in [9.17, 15) is 4.79 Å². The molecule has 5 heteroatoms. The summed E-state index contributed by atoms with van der Waals surface area (Å²) in [5, 5.41) is 7.16. The Bertz CT molecular complexity index is 443. The van der Waals surface area contributed by atoms with Crippen LogP contribution in [-0.4, -0.2) is 21.7 Å². The zero-order chi connectivity index (χ0) is 14.1. The number of anilines is 1. The van der Waals surface area contributed by atoms with Gasteiger partial charge in [-0.25, -0.2) is 0 Å². The van der Waals surface area contributed by atoms with Crippen LogP contribution in [0.25, 0.3) is 0 Å². The predicted octanol–water partition coefficient (Wildman–Crippen LogP) is 1.74. The molecular weight excluding hydrogens is 228 g/mol. The molecule has 18 heavy (non-hydrogen) atoms. The van der Waals surface area contributed by atoms with Crippen LogP contribution in [0, 0.1) is 19.3 Å². The molecule has 0 fully saturated rings. The lowest BCUT2D eigenvalue weighted by Gasteiger charge is -2.26. The van der Waals surface area contributed by atoms with E-state index in [0.29, 0.717) is 6.42 Å². The fourth-order valence-corrected chi connectivity index (χ4v) is 1.65. The summed E-state index contributed by atoms with van der Waals surface area (Å²) in [4.78, 5) is 12.0. The van der Waals surface area contributed by atoms with Crippen molar-refractivity contribution >= 4 is 11.6 Å². The van der Waals surface area contributed by atoms with Crippen molar-refractivity contribution in [3.63, 3.8) is 0 Å². The highest BCUT2D eigenvalue weighted by atomic mass is 16.1. The molecule has 1 amide bonds. The minimum absolute atomic E-state index is 0.0587. The fraction of sp³-hybridized carbons (Fsp3) is 0.692. The summed E-state index contributed by atoms with van der Waals surface area (Å²) >= 11 is 0. The van der Waals surface area contributed by atoms with Crippen LogP contribution in [0.5, 0.6) is 0 Å². The van der Waals surface area contributed by atoms with E-state index in [2.05, 4.69) is 10.4 Å². The van der Waals surface area contributed by atoms with E-state index in [1.165, 1.54) is 0 Å². The molecule has 0 saturated carbocycles. The van der Waals surface area contributed by atoms with E-state index in [-0.39, 0.29) is 17.4 Å². The minimum atomic E-state index is -0.158. The smallest absolute Gasteiger partial charge is 0.226 e. The predicted molar refractivity (Wildman–Crippen MR) is 73.4 cm³/mol. The molecular formula is C13H24N4O. The molecule has 0 aliphatic carbocycles. The summed E-state index contributed by atoms with van der Waals surface area (Å²) in [5.74, 6) is -0.0587. The summed E-state index contributed by atoms with van der Waals surface area (Å²) in [7, 11) is 1.86. The Balaban J connectivity index is 2.71. The molecule has 0 saturated heterocycles. The molecule has 0 aliphatic heterocycles. The summed E-state index contributed by atoms with van der Waals surface area (Å²) in [6.45, 7) is 9.91. The molecule has 0 radical (unpaired) electrons. The van der Waals surface area contributed by atoms with Gasteiger partial charge in [0, 0.05) is 19.5 Å². The number of nitrogens with zero attached hydrogens (tertiary/aromatic N) is 2. The number of carbonyl (C=O) groups is 1. The van der Waals surface area contributed by atoms with E-state index >= 15 is 0 Å². The standard InChI is InChI=1S/C13H24N4O/c1-8-12(9(2)17(6)16-8)15-11(18)7-10(14)13(3,4)5/h10H,7,14H2,1-6H3,(H,15,18). The normalized spacial score (nSPS) is 13.5. The molecule has 1 aromatic rings. The van der Waals surface area contributed by atoms with Crippen LogP contribution < -0.4 is 11.1 Å². The molecule has 0 aromatic carbocycles. The van der Waals surface area contributed by atoms with Crippen molar-refractivity contribution in [2.45, 2.75) is 47.1 Å². The molecule has 102 valence electrons. The Morgan fingerprint density at radius 2 is 2.00 bits per heavy atom. The lowest BCUT2D eigenvalue weighted by Crippen LogP contribution is -2.38. The highest BCUT2D eigenvalue weighted by Gasteiger charge is 2.24.